The minimum Gasteiger partial charge on any atom is -0.379 e. The van der Waals surface area contributed by atoms with Crippen molar-refractivity contribution in [2.45, 2.75) is 59.1 Å². The van der Waals surface area contributed by atoms with Crippen molar-refractivity contribution in [1.82, 2.24) is 10.2 Å². The van der Waals surface area contributed by atoms with Crippen LogP contribution in [0.5, 0.6) is 0 Å². The van der Waals surface area contributed by atoms with Crippen LogP contribution in [0.15, 0.2) is 0 Å². The van der Waals surface area contributed by atoms with E-state index in [4.69, 9.17) is 4.74 Å². The third-order valence-electron chi connectivity index (χ3n) is 3.40. The normalized spacial score (nSPS) is 21.1. The van der Waals surface area contributed by atoms with Gasteiger partial charge < -0.3 is 10.1 Å². The molecule has 1 heterocycles. The summed E-state index contributed by atoms with van der Waals surface area (Å²) in [7, 11) is 0. The fourth-order valence-electron chi connectivity index (χ4n) is 2.57. The van der Waals surface area contributed by atoms with E-state index in [2.05, 4.69) is 24.1 Å². The molecule has 1 rings (SSSR count). The first-order chi connectivity index (χ1) is 8.97. The Morgan fingerprint density at radius 2 is 2.11 bits per heavy atom. The highest BCUT2D eigenvalue weighted by Gasteiger charge is 2.21. The van der Waals surface area contributed by atoms with E-state index in [0.29, 0.717) is 18.6 Å². The minimum absolute atomic E-state index is 0.147. The molecular weight excluding hydrogens is 240 g/mol. The summed E-state index contributed by atoms with van der Waals surface area (Å²) < 4.78 is 5.62. The maximum atomic E-state index is 11.8. The third kappa shape index (κ3) is 7.53. The topological polar surface area (TPSA) is 41.6 Å². The van der Waals surface area contributed by atoms with E-state index in [1.54, 1.807) is 0 Å². The Hall–Kier alpha value is -0.610. The molecule has 1 saturated heterocycles. The molecule has 1 atom stereocenters. The van der Waals surface area contributed by atoms with Crippen LogP contribution in [0.2, 0.25) is 0 Å². The summed E-state index contributed by atoms with van der Waals surface area (Å²) in [5, 5.41) is 2.96. The summed E-state index contributed by atoms with van der Waals surface area (Å²) in [6, 6.07) is 0.229. The van der Waals surface area contributed by atoms with Gasteiger partial charge >= 0.3 is 0 Å². The number of likely N-dealkylation sites (tertiary alicyclic amines) is 1. The number of rotatable bonds is 7. The van der Waals surface area contributed by atoms with Gasteiger partial charge in [-0.25, -0.2) is 0 Å². The van der Waals surface area contributed by atoms with Crippen molar-refractivity contribution in [1.29, 1.82) is 0 Å². The molecule has 0 aliphatic carbocycles. The molecule has 4 heteroatoms. The Balaban J connectivity index is 2.23. The van der Waals surface area contributed by atoms with Crippen LogP contribution in [0.4, 0.5) is 0 Å². The molecule has 0 aromatic rings. The number of carbonyl (C=O) groups is 1. The van der Waals surface area contributed by atoms with Crippen molar-refractivity contribution < 1.29 is 9.53 Å². The zero-order valence-corrected chi connectivity index (χ0v) is 12.9. The van der Waals surface area contributed by atoms with Gasteiger partial charge in [0.1, 0.15) is 0 Å². The van der Waals surface area contributed by atoms with E-state index in [0.717, 1.165) is 26.1 Å². The molecular formula is C15H30N2O2. The van der Waals surface area contributed by atoms with Crippen LogP contribution in [0.25, 0.3) is 0 Å². The lowest BCUT2D eigenvalue weighted by atomic mass is 9.95. The predicted octanol–water partition coefficient (Wildman–Crippen LogP) is 2.04. The molecule has 112 valence electrons. The summed E-state index contributed by atoms with van der Waals surface area (Å²) in [6.07, 6.45) is 3.89. The number of carbonyl (C=O) groups excluding carboxylic acids is 1. The monoisotopic (exact) mass is 270 g/mol. The van der Waals surface area contributed by atoms with Gasteiger partial charge in [-0.2, -0.15) is 0 Å². The van der Waals surface area contributed by atoms with Gasteiger partial charge in [0.25, 0.3) is 0 Å². The Kier molecular flexibility index (Phi) is 7.39. The fourth-order valence-corrected chi connectivity index (χ4v) is 2.57. The van der Waals surface area contributed by atoms with Crippen LogP contribution in [-0.4, -0.2) is 49.2 Å². The third-order valence-corrected chi connectivity index (χ3v) is 3.40. The lowest BCUT2D eigenvalue weighted by molar-refractivity contribution is -0.123. The Morgan fingerprint density at radius 1 is 1.37 bits per heavy atom. The van der Waals surface area contributed by atoms with Crippen LogP contribution in [0, 0.1) is 5.92 Å². The average molecular weight is 270 g/mol. The van der Waals surface area contributed by atoms with Crippen molar-refractivity contribution in [3.8, 4) is 0 Å². The summed E-state index contributed by atoms with van der Waals surface area (Å²) in [4.78, 5) is 14.0. The highest BCUT2D eigenvalue weighted by Crippen LogP contribution is 2.19. The maximum absolute atomic E-state index is 11.8. The van der Waals surface area contributed by atoms with Crippen molar-refractivity contribution in [2.75, 3.05) is 26.2 Å². The fraction of sp³-hybridized carbons (Fsp3) is 0.933. The van der Waals surface area contributed by atoms with Crippen LogP contribution < -0.4 is 5.32 Å². The zero-order valence-electron chi connectivity index (χ0n) is 12.9. The van der Waals surface area contributed by atoms with E-state index < -0.39 is 0 Å². The smallest absolute Gasteiger partial charge is 0.234 e. The molecule has 1 amide bonds. The number of hydrogen-bond donors (Lipinski definition) is 1. The number of hydrogen-bond acceptors (Lipinski definition) is 3. The number of nitrogens with one attached hydrogen (secondary N) is 1. The van der Waals surface area contributed by atoms with E-state index >= 15 is 0 Å². The largest absolute Gasteiger partial charge is 0.379 e. The Bertz CT molecular complexity index is 267. The highest BCUT2D eigenvalue weighted by atomic mass is 16.5. The van der Waals surface area contributed by atoms with Gasteiger partial charge in [-0.3, -0.25) is 9.69 Å². The predicted molar refractivity (Wildman–Crippen MR) is 78.1 cm³/mol. The lowest BCUT2D eigenvalue weighted by Crippen LogP contribution is -2.44. The van der Waals surface area contributed by atoms with Crippen molar-refractivity contribution >= 4 is 5.91 Å². The first-order valence-corrected chi connectivity index (χ1v) is 7.60. The minimum atomic E-state index is 0.147. The van der Waals surface area contributed by atoms with Gasteiger partial charge in [-0.05, 0) is 59.4 Å². The van der Waals surface area contributed by atoms with Gasteiger partial charge in [0.15, 0.2) is 0 Å². The summed E-state index contributed by atoms with van der Waals surface area (Å²) in [5.74, 6) is 0.827. The number of amides is 1. The molecule has 0 spiro atoms. The number of nitrogens with zero attached hydrogens (tertiary/aromatic N) is 1. The SMILES string of the molecule is CC(C)NC(=O)CN1CCC[C@H](CCOC(C)C)C1. The molecule has 0 aromatic heterocycles. The first-order valence-electron chi connectivity index (χ1n) is 7.60. The van der Waals surface area contributed by atoms with Crippen molar-refractivity contribution in [3.05, 3.63) is 0 Å². The molecule has 1 aliphatic rings. The molecule has 1 fully saturated rings. The Morgan fingerprint density at radius 3 is 2.74 bits per heavy atom. The molecule has 0 aromatic carbocycles. The molecule has 19 heavy (non-hydrogen) atoms. The molecule has 0 bridgehead atoms. The van der Waals surface area contributed by atoms with Crippen LogP contribution >= 0.6 is 0 Å². The van der Waals surface area contributed by atoms with Gasteiger partial charge in [0.05, 0.1) is 12.6 Å². The summed E-state index contributed by atoms with van der Waals surface area (Å²) in [6.45, 7) is 11.6. The van der Waals surface area contributed by atoms with Gasteiger partial charge in [-0.15, -0.1) is 0 Å². The second-order valence-corrected chi connectivity index (χ2v) is 6.17. The second kappa shape index (κ2) is 8.54. The highest BCUT2D eigenvalue weighted by molar-refractivity contribution is 5.78. The van der Waals surface area contributed by atoms with Gasteiger partial charge in [0, 0.05) is 19.2 Å². The van der Waals surface area contributed by atoms with E-state index in [1.807, 2.05) is 13.8 Å². The van der Waals surface area contributed by atoms with Gasteiger partial charge in [-0.1, -0.05) is 0 Å². The maximum Gasteiger partial charge on any atom is 0.234 e. The Labute approximate surface area is 117 Å². The van der Waals surface area contributed by atoms with Crippen molar-refractivity contribution in [2.24, 2.45) is 5.92 Å². The van der Waals surface area contributed by atoms with E-state index in [1.165, 1.54) is 12.8 Å². The summed E-state index contributed by atoms with van der Waals surface area (Å²) >= 11 is 0. The van der Waals surface area contributed by atoms with E-state index in [-0.39, 0.29) is 11.9 Å². The zero-order chi connectivity index (χ0) is 14.3. The van der Waals surface area contributed by atoms with Crippen LogP contribution in [0.1, 0.15) is 47.0 Å². The molecule has 0 saturated carbocycles. The van der Waals surface area contributed by atoms with Crippen LogP contribution in [-0.2, 0) is 9.53 Å². The number of ether oxygens (including phenoxy) is 1. The quantitative estimate of drug-likeness (QED) is 0.770. The number of piperidine rings is 1. The van der Waals surface area contributed by atoms with E-state index in [9.17, 15) is 4.79 Å². The molecule has 0 unspecified atom stereocenters. The molecule has 0 radical (unpaired) electrons. The molecule has 4 nitrogen and oxygen atoms in total. The van der Waals surface area contributed by atoms with Crippen LogP contribution in [0.3, 0.4) is 0 Å². The second-order valence-electron chi connectivity index (χ2n) is 6.17. The van der Waals surface area contributed by atoms with Crippen molar-refractivity contribution in [3.63, 3.8) is 0 Å². The summed E-state index contributed by atoms with van der Waals surface area (Å²) in [5.41, 5.74) is 0. The van der Waals surface area contributed by atoms with Gasteiger partial charge in [0.2, 0.25) is 5.91 Å². The lowest BCUT2D eigenvalue weighted by Gasteiger charge is -2.32. The average Bonchev–Trinajstić information content (AvgIpc) is 2.27. The molecule has 1 aliphatic heterocycles. The first kappa shape index (κ1) is 16.4. The standard InChI is InChI=1S/C15H30N2O2/c1-12(2)16-15(18)11-17-8-5-6-14(10-17)7-9-19-13(3)4/h12-14H,5-11H2,1-4H3,(H,16,18)/t14-/m1/s1. The molecule has 1 N–H and O–H groups in total.